The van der Waals surface area contributed by atoms with Gasteiger partial charge in [0.15, 0.2) is 0 Å². The Hall–Kier alpha value is -3.33. The fourth-order valence-corrected chi connectivity index (χ4v) is 4.03. The number of aliphatic hydroxyl groups is 2. The summed E-state index contributed by atoms with van der Waals surface area (Å²) < 4.78 is 20.2. The molecule has 0 fully saturated rings. The summed E-state index contributed by atoms with van der Waals surface area (Å²) in [7, 11) is 0. The molecule has 3 atom stereocenters. The Morgan fingerprint density at radius 2 is 1.27 bits per heavy atom. The Balaban J connectivity index is 1.54. The number of aliphatic hydroxyl groups excluding tert-OH is 2. The van der Waals surface area contributed by atoms with E-state index in [0.29, 0.717) is 26.4 Å². The van der Waals surface area contributed by atoms with Gasteiger partial charge in [-0.3, -0.25) is 4.68 Å². The van der Waals surface area contributed by atoms with Crippen molar-refractivity contribution in [3.8, 4) is 0 Å². The lowest BCUT2D eigenvalue weighted by Gasteiger charge is -2.31. The molecule has 1 aromatic heterocycles. The minimum atomic E-state index is -0.964. The van der Waals surface area contributed by atoms with Gasteiger partial charge in [0.2, 0.25) is 0 Å². The number of ether oxygens (including phenoxy) is 3. The standard InChI is InChI=1S/C30H34N2O5/c33-17-16-32-19-27(18-31-32)29(36-21-25-12-6-2-7-13-25)30(37-22-26-14-8-3-9-15-26)28(34)23-35-20-24-10-4-1-5-11-24/h1-15,18-19,28-30,33-34H,16-17,20-23H2/t28-,29?,30+/m1/s1. The zero-order valence-electron chi connectivity index (χ0n) is 20.8. The molecule has 0 aliphatic carbocycles. The van der Waals surface area contributed by atoms with Crippen molar-refractivity contribution in [2.75, 3.05) is 13.2 Å². The topological polar surface area (TPSA) is 86.0 Å². The molecule has 0 saturated heterocycles. The van der Waals surface area contributed by atoms with Crippen molar-refractivity contribution in [3.05, 3.63) is 126 Å². The fraction of sp³-hybridized carbons (Fsp3) is 0.300. The number of aromatic nitrogens is 2. The third-order valence-electron chi connectivity index (χ3n) is 5.95. The van der Waals surface area contributed by atoms with Gasteiger partial charge >= 0.3 is 0 Å². The van der Waals surface area contributed by atoms with Gasteiger partial charge in [0.05, 0.1) is 45.8 Å². The molecule has 1 unspecified atom stereocenters. The summed E-state index contributed by atoms with van der Waals surface area (Å²) in [6, 6.07) is 29.5. The Morgan fingerprint density at radius 3 is 1.84 bits per heavy atom. The van der Waals surface area contributed by atoms with Gasteiger partial charge in [-0.05, 0) is 16.7 Å². The van der Waals surface area contributed by atoms with Crippen molar-refractivity contribution in [1.82, 2.24) is 9.78 Å². The van der Waals surface area contributed by atoms with Crippen LogP contribution in [-0.4, -0.2) is 45.4 Å². The van der Waals surface area contributed by atoms with Gasteiger partial charge in [-0.25, -0.2) is 0 Å². The number of hydrogen-bond donors (Lipinski definition) is 2. The highest BCUT2D eigenvalue weighted by atomic mass is 16.6. The lowest BCUT2D eigenvalue weighted by atomic mass is 10.0. The Labute approximate surface area is 217 Å². The third-order valence-corrected chi connectivity index (χ3v) is 5.95. The van der Waals surface area contributed by atoms with E-state index in [2.05, 4.69) is 5.10 Å². The maximum Gasteiger partial charge on any atom is 0.116 e. The molecule has 0 spiro atoms. The minimum Gasteiger partial charge on any atom is -0.394 e. The average molecular weight is 503 g/mol. The summed E-state index contributed by atoms with van der Waals surface area (Å²) in [5, 5.41) is 25.0. The van der Waals surface area contributed by atoms with Crippen LogP contribution in [-0.2, 0) is 40.6 Å². The largest absolute Gasteiger partial charge is 0.394 e. The molecule has 7 nitrogen and oxygen atoms in total. The van der Waals surface area contributed by atoms with Crippen LogP contribution in [0.1, 0.15) is 28.4 Å². The first-order chi connectivity index (χ1) is 18.2. The van der Waals surface area contributed by atoms with Crippen LogP contribution in [0.15, 0.2) is 103 Å². The molecule has 2 N–H and O–H groups in total. The maximum atomic E-state index is 11.3. The first kappa shape index (κ1) is 26.7. The fourth-order valence-electron chi connectivity index (χ4n) is 4.03. The summed E-state index contributed by atoms with van der Waals surface area (Å²) in [4.78, 5) is 0. The first-order valence-electron chi connectivity index (χ1n) is 12.5. The SMILES string of the molecule is OCCn1cc(C(OCc2ccccc2)[C@@H](OCc2ccccc2)[C@H](O)COCc2ccccc2)cn1. The molecule has 0 aliphatic rings. The maximum absolute atomic E-state index is 11.3. The summed E-state index contributed by atoms with van der Waals surface area (Å²) in [5.41, 5.74) is 3.78. The van der Waals surface area contributed by atoms with Crippen LogP contribution >= 0.6 is 0 Å². The van der Waals surface area contributed by atoms with Crippen LogP contribution in [0.3, 0.4) is 0 Å². The highest BCUT2D eigenvalue weighted by Gasteiger charge is 2.33. The molecule has 4 rings (SSSR count). The Kier molecular flexibility index (Phi) is 10.4. The molecule has 0 saturated carbocycles. The third kappa shape index (κ3) is 8.35. The van der Waals surface area contributed by atoms with Crippen molar-refractivity contribution < 1.29 is 24.4 Å². The number of hydrogen-bond acceptors (Lipinski definition) is 6. The molecular weight excluding hydrogens is 468 g/mol. The predicted molar refractivity (Wildman–Crippen MR) is 140 cm³/mol. The molecular formula is C30H34N2O5. The monoisotopic (exact) mass is 502 g/mol. The van der Waals surface area contributed by atoms with Crippen molar-refractivity contribution in [3.63, 3.8) is 0 Å². The van der Waals surface area contributed by atoms with E-state index in [1.807, 2.05) is 97.2 Å². The lowest BCUT2D eigenvalue weighted by Crippen LogP contribution is -2.39. The van der Waals surface area contributed by atoms with E-state index in [4.69, 9.17) is 14.2 Å². The molecule has 1 heterocycles. The smallest absolute Gasteiger partial charge is 0.116 e. The Morgan fingerprint density at radius 1 is 0.730 bits per heavy atom. The molecule has 0 aliphatic heterocycles. The van der Waals surface area contributed by atoms with Crippen LogP contribution in [0.25, 0.3) is 0 Å². The molecule has 0 bridgehead atoms. The second-order valence-electron chi connectivity index (χ2n) is 8.81. The van der Waals surface area contributed by atoms with Crippen molar-refractivity contribution in [1.29, 1.82) is 0 Å². The molecule has 4 aromatic rings. The highest BCUT2D eigenvalue weighted by Crippen LogP contribution is 2.28. The van der Waals surface area contributed by atoms with Crippen LogP contribution in [0.2, 0.25) is 0 Å². The number of nitrogens with zero attached hydrogens (tertiary/aromatic N) is 2. The van der Waals surface area contributed by atoms with Crippen LogP contribution in [0, 0.1) is 0 Å². The first-order valence-corrected chi connectivity index (χ1v) is 12.5. The van der Waals surface area contributed by atoms with Gasteiger partial charge in [0, 0.05) is 11.8 Å². The Bertz CT molecular complexity index is 1150. The van der Waals surface area contributed by atoms with Gasteiger partial charge in [0.1, 0.15) is 18.3 Å². The second kappa shape index (κ2) is 14.4. The van der Waals surface area contributed by atoms with E-state index in [1.165, 1.54) is 0 Å². The molecule has 7 heteroatoms. The molecule has 37 heavy (non-hydrogen) atoms. The van der Waals surface area contributed by atoms with Crippen LogP contribution < -0.4 is 0 Å². The van der Waals surface area contributed by atoms with Crippen LogP contribution in [0.5, 0.6) is 0 Å². The van der Waals surface area contributed by atoms with Crippen molar-refractivity contribution in [2.45, 2.75) is 44.7 Å². The van der Waals surface area contributed by atoms with Gasteiger partial charge < -0.3 is 24.4 Å². The minimum absolute atomic E-state index is 0.0272. The van der Waals surface area contributed by atoms with Gasteiger partial charge in [-0.1, -0.05) is 91.0 Å². The molecule has 3 aromatic carbocycles. The number of rotatable bonds is 15. The lowest BCUT2D eigenvalue weighted by molar-refractivity contribution is -0.149. The van der Waals surface area contributed by atoms with Crippen molar-refractivity contribution >= 4 is 0 Å². The summed E-state index contributed by atoms with van der Waals surface area (Å²) in [6.07, 6.45) is 1.21. The summed E-state index contributed by atoms with van der Waals surface area (Å²) in [6.45, 7) is 1.43. The van der Waals surface area contributed by atoms with Gasteiger partial charge in [-0.2, -0.15) is 5.10 Å². The second-order valence-corrected chi connectivity index (χ2v) is 8.81. The van der Waals surface area contributed by atoms with E-state index >= 15 is 0 Å². The zero-order valence-corrected chi connectivity index (χ0v) is 20.8. The molecule has 0 radical (unpaired) electrons. The van der Waals surface area contributed by atoms with Crippen molar-refractivity contribution in [2.24, 2.45) is 0 Å². The molecule has 0 amide bonds. The van der Waals surface area contributed by atoms with E-state index in [0.717, 1.165) is 22.3 Å². The number of benzene rings is 3. The zero-order chi connectivity index (χ0) is 25.7. The van der Waals surface area contributed by atoms with E-state index in [1.54, 1.807) is 10.9 Å². The quantitative estimate of drug-likeness (QED) is 0.252. The van der Waals surface area contributed by atoms with E-state index in [9.17, 15) is 10.2 Å². The molecule has 194 valence electrons. The average Bonchev–Trinajstić information content (AvgIpc) is 3.40. The summed E-state index contributed by atoms with van der Waals surface area (Å²) in [5.74, 6) is 0. The van der Waals surface area contributed by atoms with Gasteiger partial charge in [-0.15, -0.1) is 0 Å². The predicted octanol–water partition coefficient (Wildman–Crippen LogP) is 4.30. The van der Waals surface area contributed by atoms with Crippen LogP contribution in [0.4, 0.5) is 0 Å². The van der Waals surface area contributed by atoms with E-state index < -0.39 is 18.3 Å². The normalized spacial score (nSPS) is 13.8. The summed E-state index contributed by atoms with van der Waals surface area (Å²) >= 11 is 0. The van der Waals surface area contributed by atoms with Gasteiger partial charge in [0.25, 0.3) is 0 Å². The van der Waals surface area contributed by atoms with E-state index in [-0.39, 0.29) is 13.2 Å². The highest BCUT2D eigenvalue weighted by molar-refractivity contribution is 5.17.